The fraction of sp³-hybridized carbons (Fsp3) is 0.192. The van der Waals surface area contributed by atoms with Gasteiger partial charge in [0, 0.05) is 30.1 Å². The summed E-state index contributed by atoms with van der Waals surface area (Å²) in [6, 6.07) is 24.7. The minimum absolute atomic E-state index is 0.130. The lowest BCUT2D eigenvalue weighted by atomic mass is 10.00. The van der Waals surface area contributed by atoms with Gasteiger partial charge < -0.3 is 4.90 Å². The van der Waals surface area contributed by atoms with E-state index in [2.05, 4.69) is 56.6 Å². The molecule has 0 saturated heterocycles. The van der Waals surface area contributed by atoms with Crippen LogP contribution in [0.5, 0.6) is 0 Å². The number of rotatable bonds is 7. The van der Waals surface area contributed by atoms with Gasteiger partial charge in [0.05, 0.1) is 5.75 Å². The van der Waals surface area contributed by atoms with E-state index < -0.39 is 0 Å². The van der Waals surface area contributed by atoms with Gasteiger partial charge in [-0.1, -0.05) is 72.4 Å². The van der Waals surface area contributed by atoms with Crippen LogP contribution in [0.4, 0.5) is 0 Å². The predicted molar refractivity (Wildman–Crippen MR) is 135 cm³/mol. The third-order valence-electron chi connectivity index (χ3n) is 5.66. The minimum atomic E-state index is 0.130. The fourth-order valence-corrected chi connectivity index (χ4v) is 5.52. The first-order valence-electron chi connectivity index (χ1n) is 10.9. The number of para-hydroxylation sites is 1. The first-order chi connectivity index (χ1) is 16.3. The maximum Gasteiger partial charge on any atom is 0.233 e. The molecule has 166 valence electrons. The quantitative estimate of drug-likeness (QED) is 0.341. The summed E-state index contributed by atoms with van der Waals surface area (Å²) in [6.45, 7) is 1.40. The molecule has 0 N–H and O–H groups in total. The van der Waals surface area contributed by atoms with Crippen LogP contribution in [0.3, 0.4) is 0 Å². The van der Waals surface area contributed by atoms with Crippen LogP contribution in [0, 0.1) is 0 Å². The Bertz CT molecular complexity index is 1230. The first-order valence-corrected chi connectivity index (χ1v) is 12.8. The maximum absolute atomic E-state index is 12.9. The van der Waals surface area contributed by atoms with Gasteiger partial charge >= 0.3 is 0 Å². The molecule has 1 aliphatic heterocycles. The van der Waals surface area contributed by atoms with Crippen LogP contribution in [0.15, 0.2) is 89.4 Å². The second kappa shape index (κ2) is 10.2. The Morgan fingerprint density at radius 3 is 2.45 bits per heavy atom. The summed E-state index contributed by atoms with van der Waals surface area (Å²) >= 11 is 3.17. The summed E-state index contributed by atoms with van der Waals surface area (Å²) in [5, 5.41) is 11.7. The zero-order valence-corrected chi connectivity index (χ0v) is 19.8. The monoisotopic (exact) mass is 472 g/mol. The number of benzene rings is 2. The van der Waals surface area contributed by atoms with Crippen molar-refractivity contribution >= 4 is 34.6 Å². The van der Waals surface area contributed by atoms with E-state index in [-0.39, 0.29) is 5.91 Å². The van der Waals surface area contributed by atoms with Crippen LogP contribution >= 0.6 is 23.1 Å². The third kappa shape index (κ3) is 5.10. The molecule has 3 heterocycles. The molecule has 0 radical (unpaired) electrons. The van der Waals surface area contributed by atoms with E-state index in [1.54, 1.807) is 11.3 Å². The molecular weight excluding hydrogens is 448 g/mol. The Labute approximate surface area is 201 Å². The standard InChI is InChI=1S/C26H24N4OS2/c31-25(29-15-13-21(14-16-29)20-8-3-1-4-9-20)19-33-26-28-27-24(18-23-12-7-17-32-23)30(26)22-10-5-2-6-11-22/h1-13,17H,14-16,18-19H2. The predicted octanol–water partition coefficient (Wildman–Crippen LogP) is 5.33. The Morgan fingerprint density at radius 2 is 1.76 bits per heavy atom. The number of nitrogens with zero attached hydrogens (tertiary/aromatic N) is 4. The smallest absolute Gasteiger partial charge is 0.233 e. The van der Waals surface area contributed by atoms with Crippen LogP contribution in [0.2, 0.25) is 0 Å². The lowest BCUT2D eigenvalue weighted by molar-refractivity contribution is -0.127. The van der Waals surface area contributed by atoms with Gasteiger partial charge in [-0.05, 0) is 41.1 Å². The fourth-order valence-electron chi connectivity index (χ4n) is 3.94. The minimum Gasteiger partial charge on any atom is -0.338 e. The number of thiophene rings is 1. The van der Waals surface area contributed by atoms with E-state index in [9.17, 15) is 4.79 Å². The number of aromatic nitrogens is 3. The van der Waals surface area contributed by atoms with Gasteiger partial charge in [0.15, 0.2) is 5.16 Å². The van der Waals surface area contributed by atoms with Crippen molar-refractivity contribution in [2.45, 2.75) is 18.0 Å². The van der Waals surface area contributed by atoms with Crippen molar-refractivity contribution in [3.63, 3.8) is 0 Å². The molecule has 2 aromatic carbocycles. The summed E-state index contributed by atoms with van der Waals surface area (Å²) in [5.74, 6) is 1.36. The summed E-state index contributed by atoms with van der Waals surface area (Å²) in [4.78, 5) is 16.1. The lowest BCUT2D eigenvalue weighted by Crippen LogP contribution is -2.35. The van der Waals surface area contributed by atoms with Gasteiger partial charge in [0.1, 0.15) is 5.82 Å². The Morgan fingerprint density at radius 1 is 0.970 bits per heavy atom. The Hall–Kier alpha value is -3.16. The van der Waals surface area contributed by atoms with Crippen molar-refractivity contribution in [3.05, 3.63) is 101 Å². The van der Waals surface area contributed by atoms with Gasteiger partial charge in [0.2, 0.25) is 5.91 Å². The second-order valence-electron chi connectivity index (χ2n) is 7.80. The normalized spacial score (nSPS) is 13.7. The van der Waals surface area contributed by atoms with E-state index >= 15 is 0 Å². The van der Waals surface area contributed by atoms with Crippen molar-refractivity contribution in [3.8, 4) is 5.69 Å². The molecular formula is C26H24N4OS2. The number of hydrogen-bond acceptors (Lipinski definition) is 5. The van der Waals surface area contributed by atoms with Crippen molar-refractivity contribution < 1.29 is 4.79 Å². The molecule has 0 bridgehead atoms. The number of hydrogen-bond donors (Lipinski definition) is 0. The van der Waals surface area contributed by atoms with E-state index in [1.807, 2.05) is 47.4 Å². The summed E-state index contributed by atoms with van der Waals surface area (Å²) in [6.07, 6.45) is 3.77. The van der Waals surface area contributed by atoms with Gasteiger partial charge in [0.25, 0.3) is 0 Å². The number of carbonyl (C=O) groups is 1. The van der Waals surface area contributed by atoms with Crippen LogP contribution in [-0.4, -0.2) is 44.4 Å². The molecule has 33 heavy (non-hydrogen) atoms. The molecule has 1 amide bonds. The number of amides is 1. The van der Waals surface area contributed by atoms with Crippen molar-refractivity contribution in [2.75, 3.05) is 18.8 Å². The zero-order valence-electron chi connectivity index (χ0n) is 18.1. The zero-order chi connectivity index (χ0) is 22.5. The van der Waals surface area contributed by atoms with Crippen LogP contribution in [0.1, 0.15) is 22.7 Å². The summed E-state index contributed by atoms with van der Waals surface area (Å²) in [5.41, 5.74) is 3.57. The average molecular weight is 473 g/mol. The van der Waals surface area contributed by atoms with Gasteiger partial charge in [-0.3, -0.25) is 9.36 Å². The van der Waals surface area contributed by atoms with Gasteiger partial charge in [-0.2, -0.15) is 0 Å². The molecule has 0 atom stereocenters. The maximum atomic E-state index is 12.9. The molecule has 0 unspecified atom stereocenters. The molecule has 0 spiro atoms. The summed E-state index contributed by atoms with van der Waals surface area (Å²) in [7, 11) is 0. The largest absolute Gasteiger partial charge is 0.338 e. The first kappa shape index (κ1) is 21.7. The molecule has 4 aromatic rings. The number of thioether (sulfide) groups is 1. The molecule has 5 nitrogen and oxygen atoms in total. The molecule has 7 heteroatoms. The van der Waals surface area contributed by atoms with Crippen LogP contribution in [-0.2, 0) is 11.2 Å². The van der Waals surface area contributed by atoms with E-state index in [0.29, 0.717) is 18.7 Å². The molecule has 5 rings (SSSR count). The molecule has 0 fully saturated rings. The van der Waals surface area contributed by atoms with Crippen LogP contribution in [0.25, 0.3) is 11.3 Å². The van der Waals surface area contributed by atoms with Crippen LogP contribution < -0.4 is 0 Å². The molecule has 0 saturated carbocycles. The highest BCUT2D eigenvalue weighted by atomic mass is 32.2. The van der Waals surface area contributed by atoms with Gasteiger partial charge in [-0.25, -0.2) is 0 Å². The Kier molecular flexibility index (Phi) is 6.69. The highest BCUT2D eigenvalue weighted by Crippen LogP contribution is 2.26. The van der Waals surface area contributed by atoms with E-state index in [0.717, 1.165) is 29.6 Å². The highest BCUT2D eigenvalue weighted by molar-refractivity contribution is 7.99. The third-order valence-corrected chi connectivity index (χ3v) is 7.45. The van der Waals surface area contributed by atoms with Crippen molar-refractivity contribution in [1.82, 2.24) is 19.7 Å². The van der Waals surface area contributed by atoms with E-state index in [4.69, 9.17) is 0 Å². The number of carbonyl (C=O) groups excluding carboxylic acids is 1. The lowest BCUT2D eigenvalue weighted by Gasteiger charge is -2.26. The molecule has 2 aromatic heterocycles. The molecule has 1 aliphatic rings. The highest BCUT2D eigenvalue weighted by Gasteiger charge is 2.21. The second-order valence-corrected chi connectivity index (χ2v) is 9.77. The van der Waals surface area contributed by atoms with E-state index in [1.165, 1.54) is 27.8 Å². The van der Waals surface area contributed by atoms with Gasteiger partial charge in [-0.15, -0.1) is 21.5 Å². The summed E-state index contributed by atoms with van der Waals surface area (Å²) < 4.78 is 2.07. The van der Waals surface area contributed by atoms with Crippen molar-refractivity contribution in [2.24, 2.45) is 0 Å². The molecule has 0 aliphatic carbocycles. The topological polar surface area (TPSA) is 51.0 Å². The Balaban J connectivity index is 1.28. The van der Waals surface area contributed by atoms with Crippen molar-refractivity contribution in [1.29, 1.82) is 0 Å². The SMILES string of the molecule is O=C(CSc1nnc(Cc2cccs2)n1-c1ccccc1)N1CC=C(c2ccccc2)CC1. The average Bonchev–Trinajstić information content (AvgIpc) is 3.54.